The van der Waals surface area contributed by atoms with Gasteiger partial charge in [-0.05, 0) is 42.7 Å². The Bertz CT molecular complexity index is 682. The van der Waals surface area contributed by atoms with Crippen LogP contribution in [-0.2, 0) is 14.9 Å². The number of carbonyl (C=O) groups is 1. The van der Waals surface area contributed by atoms with E-state index in [9.17, 15) is 4.79 Å². The highest BCUT2D eigenvalue weighted by molar-refractivity contribution is 9.10. The van der Waals surface area contributed by atoms with Gasteiger partial charge in [0.1, 0.15) is 5.75 Å². The second-order valence-corrected chi connectivity index (χ2v) is 7.19. The highest BCUT2D eigenvalue weighted by Crippen LogP contribution is 2.34. The van der Waals surface area contributed by atoms with Crippen LogP contribution in [0.25, 0.3) is 0 Å². The molecule has 4 nitrogen and oxygen atoms in total. The van der Waals surface area contributed by atoms with E-state index in [4.69, 9.17) is 9.47 Å². The maximum absolute atomic E-state index is 12.2. The molecule has 0 radical (unpaired) electrons. The van der Waals surface area contributed by atoms with Crippen LogP contribution in [0.1, 0.15) is 18.4 Å². The number of hydrogen-bond donors (Lipinski definition) is 1. The first-order chi connectivity index (χ1) is 12.2. The van der Waals surface area contributed by atoms with Crippen molar-refractivity contribution in [3.8, 4) is 5.75 Å². The van der Waals surface area contributed by atoms with Crippen LogP contribution >= 0.6 is 15.9 Å². The standard InChI is InChI=1S/C20H22BrNO3/c21-17-6-8-18(9-7-17)25-14-19(23)22-15-20(10-12-24-13-11-20)16-4-2-1-3-5-16/h1-9H,10-15H2,(H,22,23). The van der Waals surface area contributed by atoms with E-state index in [1.807, 2.05) is 42.5 Å². The summed E-state index contributed by atoms with van der Waals surface area (Å²) < 4.78 is 12.1. The van der Waals surface area contributed by atoms with Crippen LogP contribution in [-0.4, -0.2) is 32.3 Å². The Morgan fingerprint density at radius 2 is 1.76 bits per heavy atom. The van der Waals surface area contributed by atoms with Crippen molar-refractivity contribution in [2.24, 2.45) is 0 Å². The molecule has 5 heteroatoms. The van der Waals surface area contributed by atoms with Gasteiger partial charge in [-0.15, -0.1) is 0 Å². The molecule has 0 spiro atoms. The fourth-order valence-electron chi connectivity index (χ4n) is 3.12. The molecular weight excluding hydrogens is 382 g/mol. The van der Waals surface area contributed by atoms with Crippen molar-refractivity contribution >= 4 is 21.8 Å². The first-order valence-corrected chi connectivity index (χ1v) is 9.26. The first kappa shape index (κ1) is 18.0. The molecule has 0 atom stereocenters. The molecule has 0 aliphatic carbocycles. The Morgan fingerprint density at radius 1 is 1.08 bits per heavy atom. The minimum atomic E-state index is -0.107. The van der Waals surface area contributed by atoms with Crippen molar-refractivity contribution in [1.29, 1.82) is 0 Å². The minimum Gasteiger partial charge on any atom is -0.484 e. The summed E-state index contributed by atoms with van der Waals surface area (Å²) in [6.45, 7) is 2.06. The molecule has 0 unspecified atom stereocenters. The number of ether oxygens (including phenoxy) is 2. The molecule has 0 aromatic heterocycles. The van der Waals surface area contributed by atoms with Gasteiger partial charge in [0.05, 0.1) is 0 Å². The molecule has 0 bridgehead atoms. The van der Waals surface area contributed by atoms with Crippen LogP contribution in [0.2, 0.25) is 0 Å². The fourth-order valence-corrected chi connectivity index (χ4v) is 3.38. The molecule has 1 heterocycles. The molecule has 1 amide bonds. The van der Waals surface area contributed by atoms with Crippen molar-refractivity contribution in [2.75, 3.05) is 26.4 Å². The number of benzene rings is 2. The van der Waals surface area contributed by atoms with Crippen LogP contribution in [0.5, 0.6) is 5.75 Å². The smallest absolute Gasteiger partial charge is 0.257 e. The topological polar surface area (TPSA) is 47.6 Å². The average molecular weight is 404 g/mol. The van der Waals surface area contributed by atoms with E-state index in [0.29, 0.717) is 12.3 Å². The monoisotopic (exact) mass is 403 g/mol. The summed E-state index contributed by atoms with van der Waals surface area (Å²) in [6.07, 6.45) is 1.82. The van der Waals surface area contributed by atoms with Gasteiger partial charge in [-0.3, -0.25) is 4.79 Å². The molecular formula is C20H22BrNO3. The maximum Gasteiger partial charge on any atom is 0.257 e. The van der Waals surface area contributed by atoms with E-state index in [-0.39, 0.29) is 17.9 Å². The third-order valence-electron chi connectivity index (χ3n) is 4.64. The number of hydrogen-bond acceptors (Lipinski definition) is 3. The van der Waals surface area contributed by atoms with Gasteiger partial charge in [0.15, 0.2) is 6.61 Å². The van der Waals surface area contributed by atoms with Crippen molar-refractivity contribution in [3.63, 3.8) is 0 Å². The van der Waals surface area contributed by atoms with Gasteiger partial charge in [0.25, 0.3) is 5.91 Å². The SMILES string of the molecule is O=C(COc1ccc(Br)cc1)NCC1(c2ccccc2)CCOCC1. The second kappa shape index (κ2) is 8.50. The zero-order chi connectivity index (χ0) is 17.5. The summed E-state index contributed by atoms with van der Waals surface area (Å²) in [5.74, 6) is 0.576. The van der Waals surface area contributed by atoms with Gasteiger partial charge in [-0.1, -0.05) is 46.3 Å². The minimum absolute atomic E-state index is 0.0169. The van der Waals surface area contributed by atoms with E-state index >= 15 is 0 Å². The second-order valence-electron chi connectivity index (χ2n) is 6.28. The van der Waals surface area contributed by atoms with Gasteiger partial charge in [-0.25, -0.2) is 0 Å². The predicted octanol–water partition coefficient (Wildman–Crippen LogP) is 3.69. The Balaban J connectivity index is 1.57. The van der Waals surface area contributed by atoms with Crippen LogP contribution in [0.15, 0.2) is 59.1 Å². The summed E-state index contributed by atoms with van der Waals surface area (Å²) in [5, 5.41) is 3.04. The first-order valence-electron chi connectivity index (χ1n) is 8.46. The Kier molecular flexibility index (Phi) is 6.10. The lowest BCUT2D eigenvalue weighted by Crippen LogP contribution is -2.45. The third kappa shape index (κ3) is 4.83. The lowest BCUT2D eigenvalue weighted by atomic mass is 9.74. The van der Waals surface area contributed by atoms with Crippen molar-refractivity contribution in [2.45, 2.75) is 18.3 Å². The van der Waals surface area contributed by atoms with Crippen molar-refractivity contribution in [3.05, 3.63) is 64.6 Å². The largest absolute Gasteiger partial charge is 0.484 e. The lowest BCUT2D eigenvalue weighted by molar-refractivity contribution is -0.123. The molecule has 3 rings (SSSR count). The molecule has 25 heavy (non-hydrogen) atoms. The van der Waals surface area contributed by atoms with E-state index in [2.05, 4.69) is 33.4 Å². The summed E-state index contributed by atoms with van der Waals surface area (Å²) in [5.41, 5.74) is 1.19. The molecule has 0 saturated carbocycles. The average Bonchev–Trinajstić information content (AvgIpc) is 2.67. The van der Waals surface area contributed by atoms with Crippen LogP contribution in [0, 0.1) is 0 Å². The Labute approximate surface area is 156 Å². The number of amides is 1. The van der Waals surface area contributed by atoms with Crippen LogP contribution in [0.4, 0.5) is 0 Å². The van der Waals surface area contributed by atoms with Gasteiger partial charge in [-0.2, -0.15) is 0 Å². The maximum atomic E-state index is 12.2. The van der Waals surface area contributed by atoms with Crippen molar-refractivity contribution < 1.29 is 14.3 Å². The van der Waals surface area contributed by atoms with Gasteiger partial charge < -0.3 is 14.8 Å². The number of nitrogens with one attached hydrogen (secondary N) is 1. The normalized spacial score (nSPS) is 16.2. The molecule has 1 saturated heterocycles. The Morgan fingerprint density at radius 3 is 2.44 bits per heavy atom. The number of carbonyl (C=O) groups excluding carboxylic acids is 1. The third-order valence-corrected chi connectivity index (χ3v) is 5.17. The highest BCUT2D eigenvalue weighted by Gasteiger charge is 2.34. The van der Waals surface area contributed by atoms with Crippen molar-refractivity contribution in [1.82, 2.24) is 5.32 Å². The summed E-state index contributed by atoms with van der Waals surface area (Å²) in [7, 11) is 0. The van der Waals surface area contributed by atoms with E-state index in [1.165, 1.54) is 5.56 Å². The number of halogens is 1. The molecule has 1 N–H and O–H groups in total. The summed E-state index contributed by atoms with van der Waals surface area (Å²) >= 11 is 3.38. The van der Waals surface area contributed by atoms with Crippen LogP contribution in [0.3, 0.4) is 0 Å². The zero-order valence-corrected chi connectivity index (χ0v) is 15.6. The quantitative estimate of drug-likeness (QED) is 0.799. The fraction of sp³-hybridized carbons (Fsp3) is 0.350. The highest BCUT2D eigenvalue weighted by atomic mass is 79.9. The van der Waals surface area contributed by atoms with E-state index in [0.717, 1.165) is 30.5 Å². The van der Waals surface area contributed by atoms with E-state index in [1.54, 1.807) is 0 Å². The molecule has 132 valence electrons. The molecule has 1 aliphatic heterocycles. The molecule has 1 fully saturated rings. The van der Waals surface area contributed by atoms with Gasteiger partial charge in [0.2, 0.25) is 0 Å². The Hall–Kier alpha value is -1.85. The summed E-state index contributed by atoms with van der Waals surface area (Å²) in [6, 6.07) is 17.8. The van der Waals surface area contributed by atoms with E-state index < -0.39 is 0 Å². The molecule has 1 aliphatic rings. The molecule has 2 aromatic rings. The molecule has 2 aromatic carbocycles. The lowest BCUT2D eigenvalue weighted by Gasteiger charge is -2.38. The number of rotatable bonds is 6. The zero-order valence-electron chi connectivity index (χ0n) is 14.0. The van der Waals surface area contributed by atoms with Crippen LogP contribution < -0.4 is 10.1 Å². The van der Waals surface area contributed by atoms with Gasteiger partial charge >= 0.3 is 0 Å². The summed E-state index contributed by atoms with van der Waals surface area (Å²) in [4.78, 5) is 12.2. The predicted molar refractivity (Wildman–Crippen MR) is 101 cm³/mol. The van der Waals surface area contributed by atoms with Gasteiger partial charge in [0, 0.05) is 29.6 Å².